The Morgan fingerprint density at radius 2 is 1.02 bits per heavy atom. The largest absolute Gasteiger partial charge is 0.472 e. The van der Waals surface area contributed by atoms with Crippen LogP contribution in [0.2, 0.25) is 0 Å². The number of rotatable bonds is 40. The molecular weight excluding hydrogens is 671 g/mol. The predicted octanol–water partition coefficient (Wildman–Crippen LogP) is 12.0. The minimum atomic E-state index is -4.30. The first-order valence-corrected chi connectivity index (χ1v) is 23.6. The van der Waals surface area contributed by atoms with E-state index in [4.69, 9.17) is 9.05 Å². The van der Waals surface area contributed by atoms with E-state index in [-0.39, 0.29) is 19.1 Å². The summed E-state index contributed by atoms with van der Waals surface area (Å²) in [7, 11) is 1.57. The van der Waals surface area contributed by atoms with E-state index in [1.165, 1.54) is 161 Å². The van der Waals surface area contributed by atoms with E-state index >= 15 is 0 Å². The molecule has 0 aliphatic heterocycles. The molecule has 0 rings (SSSR count). The summed E-state index contributed by atoms with van der Waals surface area (Å²) in [6.07, 6.45) is 41.8. The van der Waals surface area contributed by atoms with E-state index in [2.05, 4.69) is 12.2 Å². The number of aliphatic hydroxyl groups excluding tert-OH is 1. The van der Waals surface area contributed by atoms with Crippen molar-refractivity contribution in [1.29, 1.82) is 0 Å². The molecule has 310 valence electrons. The third-order valence-corrected chi connectivity index (χ3v) is 11.0. The zero-order chi connectivity index (χ0) is 38.6. The van der Waals surface area contributed by atoms with Crippen molar-refractivity contribution in [1.82, 2.24) is 5.32 Å². The molecule has 0 radical (unpaired) electrons. The quantitative estimate of drug-likeness (QED) is 0.0249. The molecule has 0 aromatic carbocycles. The lowest BCUT2D eigenvalue weighted by Gasteiger charge is -2.25. The molecule has 3 unspecified atom stereocenters. The molecule has 3 atom stereocenters. The van der Waals surface area contributed by atoms with Crippen LogP contribution >= 0.6 is 7.82 Å². The lowest BCUT2D eigenvalue weighted by molar-refractivity contribution is -0.870. The molecule has 9 heteroatoms. The summed E-state index contributed by atoms with van der Waals surface area (Å²) < 4.78 is 23.1. The van der Waals surface area contributed by atoms with Gasteiger partial charge in [0, 0.05) is 6.42 Å². The van der Waals surface area contributed by atoms with Gasteiger partial charge in [-0.3, -0.25) is 13.8 Å². The highest BCUT2D eigenvalue weighted by atomic mass is 31.2. The van der Waals surface area contributed by atoms with Gasteiger partial charge in [0.25, 0.3) is 0 Å². The maximum absolute atomic E-state index is 12.3. The lowest BCUT2D eigenvalue weighted by Crippen LogP contribution is -2.45. The smallest absolute Gasteiger partial charge is 0.387 e. The standard InChI is InChI=1S/C43H87N2O6P/c1-6-8-9-10-11-12-13-14-15-16-17-18-19-20-21-22-23-24-25-26-27-28-29-30-31-32-33-34-35-37-42(46)41(44-43(47)36-7-2)40-51-52(48,49)50-39-38-45(3,4)5/h35,37,41-42,46H,6-34,36,38-40H2,1-5H3,(H-,44,47,48,49)/p+1/b37-35+. The van der Waals surface area contributed by atoms with Gasteiger partial charge in [0.1, 0.15) is 13.2 Å². The maximum Gasteiger partial charge on any atom is 0.472 e. The second-order valence-corrected chi connectivity index (χ2v) is 17.9. The molecule has 0 saturated heterocycles. The van der Waals surface area contributed by atoms with Gasteiger partial charge in [-0.15, -0.1) is 0 Å². The highest BCUT2D eigenvalue weighted by Gasteiger charge is 2.27. The molecule has 52 heavy (non-hydrogen) atoms. The van der Waals surface area contributed by atoms with Crippen molar-refractivity contribution in [3.8, 4) is 0 Å². The van der Waals surface area contributed by atoms with Crippen LogP contribution in [0.3, 0.4) is 0 Å². The summed E-state index contributed by atoms with van der Waals surface area (Å²) in [5.41, 5.74) is 0. The van der Waals surface area contributed by atoms with Gasteiger partial charge in [-0.05, 0) is 19.3 Å². The minimum absolute atomic E-state index is 0.0618. The number of hydrogen-bond donors (Lipinski definition) is 3. The molecule has 0 aliphatic rings. The van der Waals surface area contributed by atoms with Crippen molar-refractivity contribution in [2.75, 3.05) is 40.9 Å². The second kappa shape index (κ2) is 35.9. The highest BCUT2D eigenvalue weighted by Crippen LogP contribution is 2.43. The zero-order valence-corrected chi connectivity index (χ0v) is 36.0. The van der Waals surface area contributed by atoms with Gasteiger partial charge in [0.2, 0.25) is 5.91 Å². The van der Waals surface area contributed by atoms with Gasteiger partial charge in [0.15, 0.2) is 0 Å². The van der Waals surface area contributed by atoms with E-state index in [1.807, 2.05) is 34.1 Å². The Morgan fingerprint density at radius 3 is 1.38 bits per heavy atom. The average Bonchev–Trinajstić information content (AvgIpc) is 3.08. The van der Waals surface area contributed by atoms with Crippen molar-refractivity contribution in [2.24, 2.45) is 0 Å². The molecule has 0 fully saturated rings. The molecule has 8 nitrogen and oxygen atoms in total. The monoisotopic (exact) mass is 760 g/mol. The Balaban J connectivity index is 3.74. The normalized spacial score (nSPS) is 14.5. The third kappa shape index (κ3) is 37.6. The molecule has 0 spiro atoms. The van der Waals surface area contributed by atoms with E-state index in [0.717, 1.165) is 19.3 Å². The van der Waals surface area contributed by atoms with Crippen LogP contribution in [-0.2, 0) is 18.4 Å². The summed E-state index contributed by atoms with van der Waals surface area (Å²) in [6, 6.07) is -0.837. The van der Waals surface area contributed by atoms with Gasteiger partial charge in [-0.25, -0.2) is 4.57 Å². The summed E-state index contributed by atoms with van der Waals surface area (Å²) in [6.45, 7) is 4.47. The summed E-state index contributed by atoms with van der Waals surface area (Å²) in [5, 5.41) is 13.4. The molecule has 0 bridgehead atoms. The van der Waals surface area contributed by atoms with Crippen molar-refractivity contribution >= 4 is 13.7 Å². The van der Waals surface area contributed by atoms with Crippen molar-refractivity contribution in [3.63, 3.8) is 0 Å². The van der Waals surface area contributed by atoms with Crippen LogP contribution in [0.25, 0.3) is 0 Å². The topological polar surface area (TPSA) is 105 Å². The number of nitrogens with zero attached hydrogens (tertiary/aromatic N) is 1. The number of amides is 1. The first-order chi connectivity index (χ1) is 25.0. The second-order valence-electron chi connectivity index (χ2n) is 16.4. The molecule has 0 saturated carbocycles. The molecule has 0 aliphatic carbocycles. The van der Waals surface area contributed by atoms with Crippen molar-refractivity contribution < 1.29 is 32.9 Å². The number of allylic oxidation sites excluding steroid dienone is 1. The first-order valence-electron chi connectivity index (χ1n) is 22.1. The molecule has 1 amide bonds. The Hall–Kier alpha value is -0.760. The number of unbranched alkanes of at least 4 members (excludes halogenated alkanes) is 27. The van der Waals surface area contributed by atoms with Gasteiger partial charge in [0.05, 0.1) is 39.9 Å². The third-order valence-electron chi connectivity index (χ3n) is 9.98. The fourth-order valence-electron chi connectivity index (χ4n) is 6.50. The van der Waals surface area contributed by atoms with Crippen molar-refractivity contribution in [3.05, 3.63) is 12.2 Å². The van der Waals surface area contributed by atoms with E-state index in [0.29, 0.717) is 23.9 Å². The Bertz CT molecular complexity index is 865. The van der Waals surface area contributed by atoms with Gasteiger partial charge in [-0.1, -0.05) is 193 Å². The average molecular weight is 760 g/mol. The zero-order valence-electron chi connectivity index (χ0n) is 35.1. The van der Waals surface area contributed by atoms with Crippen molar-refractivity contribution in [2.45, 2.75) is 219 Å². The number of likely N-dealkylation sites (N-methyl/N-ethyl adjacent to an activating group) is 1. The van der Waals surface area contributed by atoms with Crippen LogP contribution < -0.4 is 5.32 Å². The Kier molecular flexibility index (Phi) is 35.4. The molecule has 0 aromatic heterocycles. The number of nitrogens with one attached hydrogen (secondary N) is 1. The van der Waals surface area contributed by atoms with Gasteiger partial charge in [-0.2, -0.15) is 0 Å². The van der Waals surface area contributed by atoms with Crippen LogP contribution in [0.15, 0.2) is 12.2 Å². The number of aliphatic hydroxyl groups is 1. The number of phosphoric acid groups is 1. The number of carbonyl (C=O) groups excluding carboxylic acids is 1. The molecule has 0 aromatic rings. The summed E-state index contributed by atoms with van der Waals surface area (Å²) in [5.74, 6) is -0.229. The van der Waals surface area contributed by atoms with Crippen LogP contribution in [0.1, 0.15) is 206 Å². The van der Waals surface area contributed by atoms with Gasteiger partial charge >= 0.3 is 7.82 Å². The number of phosphoric ester groups is 1. The Labute approximate surface area is 322 Å². The SMILES string of the molecule is CCCCCCCCCCCCCCCCCCCCCCCCCCCCC/C=C/C(O)C(COP(=O)(O)OCC[N+](C)(C)C)NC(=O)CCC. The van der Waals surface area contributed by atoms with E-state index in [9.17, 15) is 19.4 Å². The van der Waals surface area contributed by atoms with E-state index < -0.39 is 20.0 Å². The van der Waals surface area contributed by atoms with Crippen LogP contribution in [-0.4, -0.2) is 73.4 Å². The summed E-state index contributed by atoms with van der Waals surface area (Å²) >= 11 is 0. The number of carbonyl (C=O) groups is 1. The molecule has 0 heterocycles. The predicted molar refractivity (Wildman–Crippen MR) is 222 cm³/mol. The Morgan fingerprint density at radius 1 is 0.635 bits per heavy atom. The summed E-state index contributed by atoms with van der Waals surface area (Å²) in [4.78, 5) is 22.3. The fraction of sp³-hybridized carbons (Fsp3) is 0.930. The fourth-order valence-corrected chi connectivity index (χ4v) is 7.23. The van der Waals surface area contributed by atoms with E-state index in [1.54, 1.807) is 6.08 Å². The van der Waals surface area contributed by atoms with Crippen LogP contribution in [0.4, 0.5) is 0 Å². The first kappa shape index (κ1) is 51.2. The van der Waals surface area contributed by atoms with Crippen LogP contribution in [0, 0.1) is 0 Å². The maximum atomic E-state index is 12.3. The minimum Gasteiger partial charge on any atom is -0.387 e. The van der Waals surface area contributed by atoms with Gasteiger partial charge < -0.3 is 19.8 Å². The number of hydrogen-bond acceptors (Lipinski definition) is 5. The van der Waals surface area contributed by atoms with Crippen LogP contribution in [0.5, 0.6) is 0 Å². The highest BCUT2D eigenvalue weighted by molar-refractivity contribution is 7.47. The molecular formula is C43H88N2O6P+. The number of quaternary nitrogens is 1. The molecule has 3 N–H and O–H groups in total. The lowest BCUT2D eigenvalue weighted by atomic mass is 10.0.